The zero-order valence-corrected chi connectivity index (χ0v) is 11.8. The van der Waals surface area contributed by atoms with E-state index < -0.39 is 0 Å². The molecule has 0 saturated heterocycles. The molecule has 98 valence electrons. The third-order valence-corrected chi connectivity index (χ3v) is 4.42. The molecule has 0 unspecified atom stereocenters. The van der Waals surface area contributed by atoms with E-state index in [0.717, 1.165) is 0 Å². The Bertz CT molecular complexity index is 822. The van der Waals surface area contributed by atoms with Crippen LogP contribution in [-0.2, 0) is 0 Å². The normalized spacial score (nSPS) is 11.3. The van der Waals surface area contributed by atoms with Gasteiger partial charge < -0.3 is 5.73 Å². The van der Waals surface area contributed by atoms with E-state index in [1.165, 1.54) is 27.6 Å². The van der Waals surface area contributed by atoms with Gasteiger partial charge in [-0.2, -0.15) is 9.50 Å². The molecule has 0 fully saturated rings. The second-order valence-corrected chi connectivity index (χ2v) is 6.03. The number of aromatic nitrogens is 6. The summed E-state index contributed by atoms with van der Waals surface area (Å²) in [5.74, 6) is 0.220. The SMILES string of the molecule is Cc1nc2sc(Sc3n[nH]c(N)n3)nn2c(=O)c1Cl. The third kappa shape index (κ3) is 2.17. The van der Waals surface area contributed by atoms with Gasteiger partial charge in [0.1, 0.15) is 5.02 Å². The van der Waals surface area contributed by atoms with Gasteiger partial charge in [0.05, 0.1) is 5.69 Å². The summed E-state index contributed by atoms with van der Waals surface area (Å²) in [4.78, 5) is 20.5. The molecule has 3 N–H and O–H groups in total. The Labute approximate surface area is 119 Å². The minimum absolute atomic E-state index is 0.0708. The largest absolute Gasteiger partial charge is 0.368 e. The maximum atomic E-state index is 11.9. The Morgan fingerprint density at radius 1 is 1.47 bits per heavy atom. The maximum Gasteiger partial charge on any atom is 0.294 e. The van der Waals surface area contributed by atoms with E-state index in [0.29, 0.717) is 20.2 Å². The molecule has 0 spiro atoms. The maximum absolute atomic E-state index is 11.9. The van der Waals surface area contributed by atoms with Crippen LogP contribution in [-0.4, -0.2) is 29.8 Å². The molecule has 3 heterocycles. The minimum Gasteiger partial charge on any atom is -0.368 e. The van der Waals surface area contributed by atoms with E-state index in [-0.39, 0.29) is 16.5 Å². The van der Waals surface area contributed by atoms with Crippen molar-refractivity contribution in [2.24, 2.45) is 0 Å². The summed E-state index contributed by atoms with van der Waals surface area (Å²) in [5, 5.41) is 11.0. The predicted molar refractivity (Wildman–Crippen MR) is 71.8 cm³/mol. The Morgan fingerprint density at radius 2 is 2.26 bits per heavy atom. The average molecular weight is 316 g/mol. The monoisotopic (exact) mass is 315 g/mol. The fraction of sp³-hybridized carbons (Fsp3) is 0.125. The predicted octanol–water partition coefficient (Wildman–Crippen LogP) is 0.964. The van der Waals surface area contributed by atoms with E-state index in [4.69, 9.17) is 17.3 Å². The highest BCUT2D eigenvalue weighted by atomic mass is 35.5. The number of aromatic amines is 1. The summed E-state index contributed by atoms with van der Waals surface area (Å²) in [6.07, 6.45) is 0. The van der Waals surface area contributed by atoms with Gasteiger partial charge in [-0.05, 0) is 18.7 Å². The number of aryl methyl sites for hydroxylation is 1. The molecule has 0 atom stereocenters. The van der Waals surface area contributed by atoms with Crippen molar-refractivity contribution in [2.75, 3.05) is 5.73 Å². The van der Waals surface area contributed by atoms with Gasteiger partial charge >= 0.3 is 0 Å². The van der Waals surface area contributed by atoms with Crippen LogP contribution in [0.3, 0.4) is 0 Å². The number of nitrogens with one attached hydrogen (secondary N) is 1. The average Bonchev–Trinajstić information content (AvgIpc) is 2.93. The highest BCUT2D eigenvalue weighted by molar-refractivity contribution is 8.01. The van der Waals surface area contributed by atoms with Crippen LogP contribution >= 0.6 is 34.7 Å². The quantitative estimate of drug-likeness (QED) is 0.723. The first-order valence-corrected chi connectivity index (χ1v) is 6.97. The Hall–Kier alpha value is -1.65. The van der Waals surface area contributed by atoms with Gasteiger partial charge in [-0.1, -0.05) is 22.9 Å². The molecular weight excluding hydrogens is 310 g/mol. The second-order valence-electron chi connectivity index (χ2n) is 3.48. The molecule has 0 aliphatic heterocycles. The molecule has 3 rings (SSSR count). The Morgan fingerprint density at radius 3 is 2.95 bits per heavy atom. The van der Waals surface area contributed by atoms with Crippen molar-refractivity contribution < 1.29 is 0 Å². The lowest BCUT2D eigenvalue weighted by Gasteiger charge is -1.94. The van der Waals surface area contributed by atoms with E-state index in [2.05, 4.69) is 25.3 Å². The van der Waals surface area contributed by atoms with Crippen molar-refractivity contribution in [2.45, 2.75) is 16.4 Å². The molecule has 0 saturated carbocycles. The second kappa shape index (κ2) is 4.47. The summed E-state index contributed by atoms with van der Waals surface area (Å²) in [6.45, 7) is 1.67. The molecule has 3 aromatic rings. The van der Waals surface area contributed by atoms with Crippen LogP contribution < -0.4 is 11.3 Å². The number of rotatable bonds is 2. The molecular formula is C8H6ClN7OS2. The number of nitrogens with two attached hydrogens (primary N) is 1. The highest BCUT2D eigenvalue weighted by Gasteiger charge is 2.14. The van der Waals surface area contributed by atoms with Crippen molar-refractivity contribution in [1.82, 2.24) is 29.8 Å². The number of fused-ring (bicyclic) bond motifs is 1. The van der Waals surface area contributed by atoms with Crippen molar-refractivity contribution >= 4 is 45.6 Å². The van der Waals surface area contributed by atoms with Gasteiger partial charge in [0, 0.05) is 0 Å². The standard InChI is InChI=1S/C8H6ClN7OS2/c1-2-3(9)4(17)16-7(11-2)19-8(15-16)18-6-12-5(10)13-14-6/h1H3,(H3,10,12,13,14). The fourth-order valence-electron chi connectivity index (χ4n) is 1.33. The van der Waals surface area contributed by atoms with Gasteiger partial charge in [-0.3, -0.25) is 4.79 Å². The first-order chi connectivity index (χ1) is 9.04. The van der Waals surface area contributed by atoms with Crippen molar-refractivity contribution in [3.8, 4) is 0 Å². The van der Waals surface area contributed by atoms with Gasteiger partial charge in [0.2, 0.25) is 16.1 Å². The van der Waals surface area contributed by atoms with Gasteiger partial charge in [0.15, 0.2) is 4.34 Å². The van der Waals surface area contributed by atoms with Crippen LogP contribution in [0.25, 0.3) is 4.96 Å². The molecule has 8 nitrogen and oxygen atoms in total. The summed E-state index contributed by atoms with van der Waals surface area (Å²) < 4.78 is 1.74. The summed E-state index contributed by atoms with van der Waals surface area (Å²) in [6, 6.07) is 0. The number of hydrogen-bond acceptors (Lipinski definition) is 8. The zero-order valence-electron chi connectivity index (χ0n) is 9.42. The molecule has 19 heavy (non-hydrogen) atoms. The number of anilines is 1. The van der Waals surface area contributed by atoms with Crippen molar-refractivity contribution in [3.05, 3.63) is 21.1 Å². The van der Waals surface area contributed by atoms with E-state index >= 15 is 0 Å². The molecule has 3 aromatic heterocycles. The zero-order chi connectivity index (χ0) is 13.6. The first-order valence-electron chi connectivity index (χ1n) is 4.96. The molecule has 11 heteroatoms. The Balaban J connectivity index is 2.07. The van der Waals surface area contributed by atoms with Crippen LogP contribution in [0.5, 0.6) is 0 Å². The molecule has 0 aliphatic rings. The molecule has 0 aromatic carbocycles. The third-order valence-electron chi connectivity index (χ3n) is 2.16. The summed E-state index contributed by atoms with van der Waals surface area (Å²) >= 11 is 8.28. The summed E-state index contributed by atoms with van der Waals surface area (Å²) in [7, 11) is 0. The number of halogens is 1. The fourth-order valence-corrected chi connectivity index (χ4v) is 3.25. The lowest BCUT2D eigenvalue weighted by molar-refractivity contribution is 0.848. The number of H-pyrrole nitrogens is 1. The Kier molecular flexibility index (Phi) is 2.92. The van der Waals surface area contributed by atoms with Crippen LogP contribution in [0.15, 0.2) is 14.3 Å². The molecule has 0 radical (unpaired) electrons. The first kappa shape index (κ1) is 12.4. The van der Waals surface area contributed by atoms with Gasteiger partial charge in [-0.15, -0.1) is 10.2 Å². The number of hydrogen-bond donors (Lipinski definition) is 2. The lowest BCUT2D eigenvalue weighted by atomic mass is 10.4. The topological polar surface area (TPSA) is 115 Å². The van der Waals surface area contributed by atoms with E-state index in [9.17, 15) is 4.79 Å². The molecule has 0 aliphatic carbocycles. The van der Waals surface area contributed by atoms with Crippen molar-refractivity contribution in [3.63, 3.8) is 0 Å². The van der Waals surface area contributed by atoms with Crippen LogP contribution in [0.2, 0.25) is 5.02 Å². The van der Waals surface area contributed by atoms with Crippen LogP contribution in [0.1, 0.15) is 5.69 Å². The highest BCUT2D eigenvalue weighted by Crippen LogP contribution is 2.28. The van der Waals surface area contributed by atoms with Crippen LogP contribution in [0, 0.1) is 6.92 Å². The van der Waals surface area contributed by atoms with Gasteiger partial charge in [0.25, 0.3) is 5.56 Å². The van der Waals surface area contributed by atoms with E-state index in [1.54, 1.807) is 6.92 Å². The lowest BCUT2D eigenvalue weighted by Crippen LogP contribution is -2.16. The number of nitrogen functional groups attached to an aromatic ring is 1. The van der Waals surface area contributed by atoms with Gasteiger partial charge in [-0.25, -0.2) is 10.1 Å². The van der Waals surface area contributed by atoms with E-state index in [1.807, 2.05) is 0 Å². The number of nitrogens with zero attached hydrogens (tertiary/aromatic N) is 5. The minimum atomic E-state index is -0.387. The van der Waals surface area contributed by atoms with Crippen molar-refractivity contribution in [1.29, 1.82) is 0 Å². The molecule has 0 bridgehead atoms. The smallest absolute Gasteiger partial charge is 0.294 e. The summed E-state index contributed by atoms with van der Waals surface area (Å²) in [5.41, 5.74) is 5.52. The van der Waals surface area contributed by atoms with Crippen LogP contribution in [0.4, 0.5) is 5.95 Å². The molecule has 0 amide bonds.